The van der Waals surface area contributed by atoms with E-state index in [4.69, 9.17) is 0 Å². The van der Waals surface area contributed by atoms with Gasteiger partial charge in [0.05, 0.1) is 6.54 Å². The van der Waals surface area contributed by atoms with Gasteiger partial charge in [0.25, 0.3) is 0 Å². The molecule has 0 radical (unpaired) electrons. The molecule has 2 fully saturated rings. The van der Waals surface area contributed by atoms with Gasteiger partial charge in [-0.1, -0.05) is 13.0 Å². The van der Waals surface area contributed by atoms with E-state index in [0.717, 1.165) is 25.9 Å². The largest absolute Gasteiger partial charge is 0.365 e. The van der Waals surface area contributed by atoms with Crippen LogP contribution in [0.5, 0.6) is 0 Å². The minimum Gasteiger partial charge on any atom is -0.365 e. The number of anilines is 1. The van der Waals surface area contributed by atoms with E-state index in [9.17, 15) is 13.6 Å². The smallest absolute Gasteiger partial charge is 0.224 e. The van der Waals surface area contributed by atoms with Crippen LogP contribution in [0.25, 0.3) is 0 Å². The molecule has 0 aliphatic carbocycles. The Morgan fingerprint density at radius 2 is 1.94 bits per heavy atom. The maximum atomic E-state index is 14.1. The summed E-state index contributed by atoms with van der Waals surface area (Å²) in [6, 6.07) is 3.97. The summed E-state index contributed by atoms with van der Waals surface area (Å²) in [4.78, 5) is 20.6. The number of rotatable bonds is 6. The van der Waals surface area contributed by atoms with Crippen molar-refractivity contribution in [3.63, 3.8) is 0 Å². The average Bonchev–Trinajstić information content (AvgIpc) is 3.16. The van der Waals surface area contributed by atoms with Crippen LogP contribution in [0.1, 0.15) is 39.5 Å². The summed E-state index contributed by atoms with van der Waals surface area (Å²) in [7, 11) is 0. The van der Waals surface area contributed by atoms with Crippen molar-refractivity contribution < 1.29 is 13.6 Å². The summed E-state index contributed by atoms with van der Waals surface area (Å²) in [6.07, 6.45) is 3.40. The van der Waals surface area contributed by atoms with Crippen molar-refractivity contribution in [3.05, 3.63) is 29.8 Å². The Kier molecular flexibility index (Phi) is 10.2. The number of nitrogens with zero attached hydrogens (tertiary/aromatic N) is 3. The molecule has 2 unspecified atom stereocenters. The number of carbonyl (C=O) groups is 1. The summed E-state index contributed by atoms with van der Waals surface area (Å²) in [5, 5.41) is 6.54. The van der Waals surface area contributed by atoms with Crippen molar-refractivity contribution in [1.82, 2.24) is 15.5 Å². The molecular formula is C22H34F2IN5O. The number of aliphatic imine (C=N–C) groups is 1. The van der Waals surface area contributed by atoms with Gasteiger partial charge < -0.3 is 20.4 Å². The molecule has 2 heterocycles. The lowest BCUT2D eigenvalue weighted by molar-refractivity contribution is -0.132. The van der Waals surface area contributed by atoms with Gasteiger partial charge in [0.15, 0.2) is 5.96 Å². The van der Waals surface area contributed by atoms with Gasteiger partial charge in [0.2, 0.25) is 5.91 Å². The topological polar surface area (TPSA) is 60.0 Å². The molecule has 31 heavy (non-hydrogen) atoms. The predicted octanol–water partition coefficient (Wildman–Crippen LogP) is 3.37. The number of carbonyl (C=O) groups excluding carboxylic acids is 1. The first-order chi connectivity index (χ1) is 14.5. The van der Waals surface area contributed by atoms with Crippen LogP contribution in [-0.2, 0) is 4.79 Å². The van der Waals surface area contributed by atoms with Gasteiger partial charge in [0, 0.05) is 45.2 Å². The number of para-hydroxylation sites is 1. The fourth-order valence-corrected chi connectivity index (χ4v) is 4.22. The van der Waals surface area contributed by atoms with E-state index in [1.54, 1.807) is 4.90 Å². The maximum absolute atomic E-state index is 14.1. The number of benzene rings is 1. The van der Waals surface area contributed by atoms with Crippen LogP contribution in [0, 0.1) is 17.6 Å². The summed E-state index contributed by atoms with van der Waals surface area (Å²) >= 11 is 0. The van der Waals surface area contributed by atoms with Crippen LogP contribution in [0.2, 0.25) is 0 Å². The Hall–Kier alpha value is -1.65. The Morgan fingerprint density at radius 3 is 2.61 bits per heavy atom. The highest BCUT2D eigenvalue weighted by molar-refractivity contribution is 14.0. The quantitative estimate of drug-likeness (QED) is 0.325. The minimum absolute atomic E-state index is 0. The molecule has 9 heteroatoms. The van der Waals surface area contributed by atoms with E-state index in [2.05, 4.69) is 22.5 Å². The van der Waals surface area contributed by atoms with E-state index < -0.39 is 11.6 Å². The lowest BCUT2D eigenvalue weighted by Crippen LogP contribution is -2.45. The van der Waals surface area contributed by atoms with Crippen LogP contribution >= 0.6 is 24.0 Å². The molecule has 0 aromatic heterocycles. The summed E-state index contributed by atoms with van der Waals surface area (Å²) in [6.45, 7) is 8.02. The number of hydrogen-bond acceptors (Lipinski definition) is 3. The molecule has 2 aliphatic rings. The van der Waals surface area contributed by atoms with Crippen molar-refractivity contribution in [3.8, 4) is 0 Å². The van der Waals surface area contributed by atoms with Crippen LogP contribution in [0.15, 0.2) is 23.2 Å². The van der Waals surface area contributed by atoms with E-state index in [0.29, 0.717) is 44.5 Å². The fourth-order valence-electron chi connectivity index (χ4n) is 4.22. The summed E-state index contributed by atoms with van der Waals surface area (Å²) in [5.74, 6) is 0.278. The molecule has 0 saturated carbocycles. The molecule has 3 rings (SSSR count). The van der Waals surface area contributed by atoms with Crippen molar-refractivity contribution in [2.75, 3.05) is 44.2 Å². The summed E-state index contributed by atoms with van der Waals surface area (Å²) in [5.41, 5.74) is 0.0325. The molecule has 1 amide bonds. The average molecular weight is 549 g/mol. The molecule has 2 saturated heterocycles. The number of amides is 1. The number of hydrogen-bond donors (Lipinski definition) is 2. The van der Waals surface area contributed by atoms with Crippen LogP contribution in [-0.4, -0.2) is 62.1 Å². The Labute approximate surface area is 200 Å². The molecule has 0 spiro atoms. The third kappa shape index (κ3) is 7.18. The highest BCUT2D eigenvalue weighted by atomic mass is 127. The van der Waals surface area contributed by atoms with E-state index in [-0.39, 0.29) is 41.6 Å². The zero-order chi connectivity index (χ0) is 21.5. The first-order valence-electron chi connectivity index (χ1n) is 11.0. The van der Waals surface area contributed by atoms with Crippen molar-refractivity contribution in [2.45, 2.75) is 45.6 Å². The molecule has 6 nitrogen and oxygen atoms in total. The van der Waals surface area contributed by atoms with E-state index >= 15 is 0 Å². The minimum atomic E-state index is -0.540. The molecular weight excluding hydrogens is 515 g/mol. The van der Waals surface area contributed by atoms with Gasteiger partial charge in [-0.25, -0.2) is 8.78 Å². The van der Waals surface area contributed by atoms with Crippen LogP contribution in [0.3, 0.4) is 0 Å². The Bertz CT molecular complexity index is 743. The zero-order valence-corrected chi connectivity index (χ0v) is 20.7. The number of guanidine groups is 1. The fraction of sp³-hybridized carbons (Fsp3) is 0.636. The first-order valence-corrected chi connectivity index (χ1v) is 11.0. The molecule has 0 bridgehead atoms. The van der Waals surface area contributed by atoms with Gasteiger partial charge in [-0.3, -0.25) is 9.79 Å². The first kappa shape index (κ1) is 25.6. The standard InChI is InChI=1S/C22H33F2N5O.HI/c1-3-25-22(26-11-9-20(30)28-12-5-6-16(2)14-28)27-17-10-13-29(15-17)21-18(23)7-4-8-19(21)24;/h4,7-8,16-17H,3,5-6,9-15H2,1-2H3,(H2,25,26,27);1H. The van der Waals surface area contributed by atoms with Gasteiger partial charge in [-0.2, -0.15) is 0 Å². The molecule has 1 aromatic rings. The van der Waals surface area contributed by atoms with Crippen molar-refractivity contribution in [2.24, 2.45) is 10.9 Å². The number of likely N-dealkylation sites (tertiary alicyclic amines) is 1. The number of nitrogens with one attached hydrogen (secondary N) is 2. The third-order valence-electron chi connectivity index (χ3n) is 5.73. The van der Waals surface area contributed by atoms with Gasteiger partial charge in [-0.15, -0.1) is 24.0 Å². The lowest BCUT2D eigenvalue weighted by atomic mass is 10.00. The second-order valence-electron chi connectivity index (χ2n) is 8.24. The van der Waals surface area contributed by atoms with E-state index in [1.165, 1.54) is 24.6 Å². The van der Waals surface area contributed by atoms with Gasteiger partial charge in [-0.05, 0) is 44.2 Å². The predicted molar refractivity (Wildman–Crippen MR) is 131 cm³/mol. The van der Waals surface area contributed by atoms with E-state index in [1.807, 2.05) is 11.8 Å². The van der Waals surface area contributed by atoms with Crippen LogP contribution < -0.4 is 15.5 Å². The Balaban J connectivity index is 0.00000341. The third-order valence-corrected chi connectivity index (χ3v) is 5.73. The number of halogens is 3. The Morgan fingerprint density at radius 1 is 1.19 bits per heavy atom. The normalized spacial score (nSPS) is 21.6. The highest BCUT2D eigenvalue weighted by Gasteiger charge is 2.27. The highest BCUT2D eigenvalue weighted by Crippen LogP contribution is 2.26. The van der Waals surface area contributed by atoms with Crippen LogP contribution in [0.4, 0.5) is 14.5 Å². The second kappa shape index (κ2) is 12.4. The van der Waals surface area contributed by atoms with Crippen molar-refractivity contribution >= 4 is 41.5 Å². The SMILES string of the molecule is CCNC(=NCCC(=O)N1CCCC(C)C1)NC1CCN(c2c(F)cccc2F)C1.I. The second-order valence-corrected chi connectivity index (χ2v) is 8.24. The molecule has 174 valence electrons. The monoisotopic (exact) mass is 549 g/mol. The van der Waals surface area contributed by atoms with Crippen molar-refractivity contribution in [1.29, 1.82) is 0 Å². The zero-order valence-electron chi connectivity index (χ0n) is 18.4. The maximum Gasteiger partial charge on any atom is 0.224 e. The number of piperidine rings is 1. The van der Waals surface area contributed by atoms with Gasteiger partial charge >= 0.3 is 0 Å². The lowest BCUT2D eigenvalue weighted by Gasteiger charge is -2.30. The van der Waals surface area contributed by atoms with Gasteiger partial charge in [0.1, 0.15) is 17.3 Å². The molecule has 1 aromatic carbocycles. The molecule has 2 N–H and O–H groups in total. The molecule has 2 atom stereocenters. The summed E-state index contributed by atoms with van der Waals surface area (Å²) < 4.78 is 28.1. The molecule has 2 aliphatic heterocycles.